The molecule has 0 aliphatic carbocycles. The molecule has 0 radical (unpaired) electrons. The zero-order valence-electron chi connectivity index (χ0n) is 16.3. The van der Waals surface area contributed by atoms with Gasteiger partial charge in [-0.05, 0) is 12.0 Å². The minimum atomic E-state index is -0.675. The van der Waals surface area contributed by atoms with Crippen LogP contribution in [0, 0.1) is 0 Å². The van der Waals surface area contributed by atoms with Gasteiger partial charge in [0.05, 0.1) is 0 Å². The first-order chi connectivity index (χ1) is 14.2. The Hall–Kier alpha value is -3.06. The lowest BCUT2D eigenvalue weighted by atomic mass is 10.0. The van der Waals surface area contributed by atoms with Crippen molar-refractivity contribution >= 4 is 28.3 Å². The first-order valence-electron chi connectivity index (χ1n) is 9.68. The van der Waals surface area contributed by atoms with Gasteiger partial charge in [0, 0.05) is 18.4 Å². The van der Waals surface area contributed by atoms with Crippen LogP contribution in [0.15, 0.2) is 60.7 Å². The summed E-state index contributed by atoms with van der Waals surface area (Å²) in [5.41, 5.74) is 1.92. The van der Waals surface area contributed by atoms with E-state index in [9.17, 15) is 9.59 Å². The van der Waals surface area contributed by atoms with Gasteiger partial charge in [-0.2, -0.15) is 0 Å². The highest BCUT2D eigenvalue weighted by Gasteiger charge is 2.22. The Bertz CT molecular complexity index is 928. The number of nitrogens with one attached hydrogen (secondary N) is 2. The average Bonchev–Trinajstić information content (AvgIpc) is 3.21. The molecule has 2 amide bonds. The van der Waals surface area contributed by atoms with E-state index in [0.29, 0.717) is 18.0 Å². The number of carbonyl (C=O) groups excluding carboxylic acids is 2. The molecule has 1 aromatic heterocycles. The average molecular weight is 409 g/mol. The van der Waals surface area contributed by atoms with Crippen molar-refractivity contribution in [3.8, 4) is 10.6 Å². The molecule has 3 rings (SSSR count). The molecule has 0 aliphatic heterocycles. The Balaban J connectivity index is 1.70. The summed E-state index contributed by atoms with van der Waals surface area (Å²) in [7, 11) is 0. The van der Waals surface area contributed by atoms with Gasteiger partial charge in [-0.15, -0.1) is 10.2 Å². The monoisotopic (exact) mass is 408 g/mol. The van der Waals surface area contributed by atoms with Crippen LogP contribution in [0.4, 0.5) is 5.13 Å². The van der Waals surface area contributed by atoms with Gasteiger partial charge in [-0.3, -0.25) is 14.9 Å². The number of anilines is 1. The molecule has 1 atom stereocenters. The quantitative estimate of drug-likeness (QED) is 0.559. The largest absolute Gasteiger partial charge is 0.344 e. The van der Waals surface area contributed by atoms with E-state index in [1.807, 2.05) is 67.6 Å². The van der Waals surface area contributed by atoms with Gasteiger partial charge in [-0.25, -0.2) is 0 Å². The summed E-state index contributed by atoms with van der Waals surface area (Å²) in [5.74, 6) is -0.417. The number of unbranched alkanes of at least 4 members (excludes halogenated alkanes) is 1. The highest BCUT2D eigenvalue weighted by atomic mass is 32.1. The maximum Gasteiger partial charge on any atom is 0.249 e. The number of benzene rings is 2. The maximum atomic E-state index is 12.9. The Labute approximate surface area is 174 Å². The van der Waals surface area contributed by atoms with Gasteiger partial charge in [0.15, 0.2) is 0 Å². The molecule has 150 valence electrons. The van der Waals surface area contributed by atoms with Gasteiger partial charge in [0.2, 0.25) is 16.9 Å². The molecule has 2 N–H and O–H groups in total. The number of hydrogen-bond acceptors (Lipinski definition) is 5. The fourth-order valence-corrected chi connectivity index (χ4v) is 3.58. The Morgan fingerprint density at radius 1 is 1.00 bits per heavy atom. The van der Waals surface area contributed by atoms with E-state index in [0.717, 1.165) is 29.0 Å². The highest BCUT2D eigenvalue weighted by molar-refractivity contribution is 7.18. The lowest BCUT2D eigenvalue weighted by molar-refractivity contribution is -0.126. The number of nitrogens with zero attached hydrogens (tertiary/aromatic N) is 2. The standard InChI is InChI=1S/C22H24N4O2S/c1-2-3-14-19(27)23-18(15-16-10-6-4-7-11-16)20(28)24-22-26-25-21(29-22)17-12-8-5-9-13-17/h4-13,18H,2-3,14-15H2,1H3,(H,23,27)(H,24,26,28)/t18-/m0/s1. The molecule has 6 nitrogen and oxygen atoms in total. The number of hydrogen-bond donors (Lipinski definition) is 2. The zero-order chi connectivity index (χ0) is 20.5. The smallest absolute Gasteiger partial charge is 0.249 e. The molecule has 0 saturated carbocycles. The normalized spacial score (nSPS) is 11.6. The summed E-state index contributed by atoms with van der Waals surface area (Å²) in [6, 6.07) is 18.6. The topological polar surface area (TPSA) is 84.0 Å². The third-order valence-corrected chi connectivity index (χ3v) is 5.26. The lowest BCUT2D eigenvalue weighted by Gasteiger charge is -2.18. The van der Waals surface area contributed by atoms with Crippen molar-refractivity contribution in [1.82, 2.24) is 15.5 Å². The van der Waals surface area contributed by atoms with Crippen LogP contribution in [-0.4, -0.2) is 28.1 Å². The van der Waals surface area contributed by atoms with Crippen molar-refractivity contribution in [3.63, 3.8) is 0 Å². The summed E-state index contributed by atoms with van der Waals surface area (Å²) in [4.78, 5) is 25.1. The van der Waals surface area contributed by atoms with Crippen LogP contribution in [-0.2, 0) is 16.0 Å². The van der Waals surface area contributed by atoms with Crippen molar-refractivity contribution in [2.24, 2.45) is 0 Å². The molecule has 0 saturated heterocycles. The maximum absolute atomic E-state index is 12.9. The molecular weight excluding hydrogens is 384 g/mol. The molecule has 0 unspecified atom stereocenters. The third-order valence-electron chi connectivity index (χ3n) is 4.37. The second kappa shape index (κ2) is 10.5. The molecule has 0 bridgehead atoms. The van der Waals surface area contributed by atoms with Crippen LogP contribution in [0.25, 0.3) is 10.6 Å². The second-order valence-corrected chi connectivity index (χ2v) is 7.66. The van der Waals surface area contributed by atoms with Crippen molar-refractivity contribution < 1.29 is 9.59 Å². The molecule has 0 fully saturated rings. The molecule has 29 heavy (non-hydrogen) atoms. The fraction of sp³-hybridized carbons (Fsp3) is 0.273. The number of aromatic nitrogens is 2. The molecule has 1 heterocycles. The van der Waals surface area contributed by atoms with E-state index in [2.05, 4.69) is 20.8 Å². The van der Waals surface area contributed by atoms with Gasteiger partial charge in [-0.1, -0.05) is 85.3 Å². The van der Waals surface area contributed by atoms with Crippen molar-refractivity contribution in [1.29, 1.82) is 0 Å². The van der Waals surface area contributed by atoms with E-state index in [4.69, 9.17) is 0 Å². The van der Waals surface area contributed by atoms with Crippen molar-refractivity contribution in [2.75, 3.05) is 5.32 Å². The van der Waals surface area contributed by atoms with Crippen LogP contribution >= 0.6 is 11.3 Å². The predicted octanol–water partition coefficient (Wildman–Crippen LogP) is 4.06. The van der Waals surface area contributed by atoms with E-state index in [1.54, 1.807) is 0 Å². The highest BCUT2D eigenvalue weighted by Crippen LogP contribution is 2.26. The number of rotatable bonds is 9. The van der Waals surface area contributed by atoms with Crippen LogP contribution in [0.3, 0.4) is 0 Å². The van der Waals surface area contributed by atoms with E-state index < -0.39 is 6.04 Å². The summed E-state index contributed by atoms with van der Waals surface area (Å²) >= 11 is 1.30. The number of carbonyl (C=O) groups is 2. The fourth-order valence-electron chi connectivity index (χ4n) is 2.83. The Morgan fingerprint density at radius 3 is 2.38 bits per heavy atom. The summed E-state index contributed by atoms with van der Waals surface area (Å²) in [6.45, 7) is 2.03. The molecule has 3 aromatic rings. The van der Waals surface area contributed by atoms with Crippen LogP contribution in [0.2, 0.25) is 0 Å². The predicted molar refractivity (Wildman–Crippen MR) is 116 cm³/mol. The summed E-state index contributed by atoms with van der Waals surface area (Å²) < 4.78 is 0. The van der Waals surface area contributed by atoms with Crippen molar-refractivity contribution in [2.45, 2.75) is 38.6 Å². The van der Waals surface area contributed by atoms with Gasteiger partial charge in [0.1, 0.15) is 11.0 Å². The molecular formula is C22H24N4O2S. The lowest BCUT2D eigenvalue weighted by Crippen LogP contribution is -2.45. The molecule has 7 heteroatoms. The number of amides is 2. The SMILES string of the molecule is CCCCC(=O)N[C@@H](Cc1ccccc1)C(=O)Nc1nnc(-c2ccccc2)s1. The van der Waals surface area contributed by atoms with Gasteiger partial charge in [0.25, 0.3) is 0 Å². The summed E-state index contributed by atoms with van der Waals surface area (Å²) in [6.07, 6.45) is 2.54. The van der Waals surface area contributed by atoms with Crippen molar-refractivity contribution in [3.05, 3.63) is 66.2 Å². The van der Waals surface area contributed by atoms with E-state index >= 15 is 0 Å². The Kier molecular flexibility index (Phi) is 7.47. The minimum Gasteiger partial charge on any atom is -0.344 e. The van der Waals surface area contributed by atoms with Crippen LogP contribution < -0.4 is 10.6 Å². The first-order valence-corrected chi connectivity index (χ1v) is 10.5. The van der Waals surface area contributed by atoms with Crippen LogP contribution in [0.5, 0.6) is 0 Å². The van der Waals surface area contributed by atoms with Gasteiger partial charge < -0.3 is 5.32 Å². The molecule has 2 aromatic carbocycles. The van der Waals surface area contributed by atoms with E-state index in [-0.39, 0.29) is 11.8 Å². The summed E-state index contributed by atoms with van der Waals surface area (Å²) in [5, 5.41) is 15.0. The first kappa shape index (κ1) is 20.7. The van der Waals surface area contributed by atoms with E-state index in [1.165, 1.54) is 11.3 Å². The second-order valence-electron chi connectivity index (χ2n) is 6.68. The van der Waals surface area contributed by atoms with Crippen LogP contribution in [0.1, 0.15) is 31.7 Å². The zero-order valence-corrected chi connectivity index (χ0v) is 17.1. The third kappa shape index (κ3) is 6.22. The minimum absolute atomic E-state index is 0.120. The Morgan fingerprint density at radius 2 is 1.69 bits per heavy atom. The molecule has 0 aliphatic rings. The molecule has 0 spiro atoms. The van der Waals surface area contributed by atoms with Gasteiger partial charge >= 0.3 is 0 Å².